The average Bonchev–Trinajstić information content (AvgIpc) is 3.13. The van der Waals surface area contributed by atoms with Gasteiger partial charge < -0.3 is 24.2 Å². The summed E-state index contributed by atoms with van der Waals surface area (Å²) in [6, 6.07) is 2.67. The number of pyridine rings is 1. The first kappa shape index (κ1) is 27.0. The molecule has 2 amide bonds. The minimum Gasteiger partial charge on any atom is -0.479 e. The number of nitrogens with zero attached hydrogens (tertiary/aromatic N) is 5. The van der Waals surface area contributed by atoms with Crippen LogP contribution in [0.25, 0.3) is 0 Å². The third kappa shape index (κ3) is 7.22. The first-order chi connectivity index (χ1) is 17.0. The Hall–Kier alpha value is -3.57. The lowest BCUT2D eigenvalue weighted by Crippen LogP contribution is -2.52. The number of hydrogen-bond donors (Lipinski definition) is 0. The molecule has 2 aliphatic rings. The number of alkyl halides is 3. The minimum absolute atomic E-state index is 0.0499. The highest BCUT2D eigenvalue weighted by Crippen LogP contribution is 2.24. The highest BCUT2D eigenvalue weighted by atomic mass is 19.4. The van der Waals surface area contributed by atoms with Gasteiger partial charge in [0.25, 0.3) is 5.91 Å². The standard InChI is InChI=1S/C24H30F3N5O4/c1-5-17(10-28-16(2)32-13-18(14-32)22(33)30(3)4)12-31-9-8-20(23(31)34)36-19-6-7-21(29-11-19)35-15-24(25,26)27/h5-7,10-11,18,20H,2,8-9,12-15H2,1,3-4H3/b17-5+,28-10-/t20-/m1/s1. The van der Waals surface area contributed by atoms with Crippen LogP contribution in [-0.4, -0.2) is 96.9 Å². The van der Waals surface area contributed by atoms with E-state index in [1.165, 1.54) is 18.3 Å². The van der Waals surface area contributed by atoms with Crippen molar-refractivity contribution in [1.29, 1.82) is 0 Å². The molecule has 36 heavy (non-hydrogen) atoms. The summed E-state index contributed by atoms with van der Waals surface area (Å²) in [5.74, 6) is 0.470. The van der Waals surface area contributed by atoms with E-state index in [4.69, 9.17) is 4.74 Å². The zero-order chi connectivity index (χ0) is 26.5. The van der Waals surface area contributed by atoms with Crippen LogP contribution in [0.3, 0.4) is 0 Å². The third-order valence-corrected chi connectivity index (χ3v) is 5.78. The Bertz CT molecular complexity index is 1020. The van der Waals surface area contributed by atoms with E-state index in [1.807, 2.05) is 17.9 Å². The maximum Gasteiger partial charge on any atom is 0.422 e. The van der Waals surface area contributed by atoms with Gasteiger partial charge in [0.2, 0.25) is 11.8 Å². The van der Waals surface area contributed by atoms with E-state index in [2.05, 4.69) is 21.3 Å². The van der Waals surface area contributed by atoms with Crippen molar-refractivity contribution in [3.05, 3.63) is 42.4 Å². The zero-order valence-corrected chi connectivity index (χ0v) is 20.5. The molecule has 0 spiro atoms. The fourth-order valence-corrected chi connectivity index (χ4v) is 3.70. The quantitative estimate of drug-likeness (QED) is 0.451. The molecule has 0 aromatic carbocycles. The largest absolute Gasteiger partial charge is 0.479 e. The van der Waals surface area contributed by atoms with Gasteiger partial charge in [0, 0.05) is 59.0 Å². The molecular formula is C24H30F3N5O4. The van der Waals surface area contributed by atoms with Gasteiger partial charge in [-0.25, -0.2) is 9.98 Å². The Labute approximate surface area is 207 Å². The maximum atomic E-state index is 12.8. The Kier molecular flexibility index (Phi) is 8.59. The highest BCUT2D eigenvalue weighted by molar-refractivity contribution is 5.86. The van der Waals surface area contributed by atoms with Crippen LogP contribution >= 0.6 is 0 Å². The second-order valence-electron chi connectivity index (χ2n) is 8.76. The number of aromatic nitrogens is 1. The molecule has 1 aromatic heterocycles. The number of ether oxygens (including phenoxy) is 2. The van der Waals surface area contributed by atoms with Crippen LogP contribution in [-0.2, 0) is 9.59 Å². The van der Waals surface area contributed by atoms with Crippen LogP contribution in [0.1, 0.15) is 13.3 Å². The summed E-state index contributed by atoms with van der Waals surface area (Å²) in [6.45, 7) is 6.35. The smallest absolute Gasteiger partial charge is 0.422 e. The maximum absolute atomic E-state index is 12.8. The molecule has 2 aliphatic heterocycles. The van der Waals surface area contributed by atoms with Crippen molar-refractivity contribution in [2.45, 2.75) is 25.6 Å². The predicted octanol–water partition coefficient (Wildman–Crippen LogP) is 2.51. The number of aliphatic imine (C=N–C) groups is 1. The van der Waals surface area contributed by atoms with E-state index in [9.17, 15) is 22.8 Å². The molecule has 0 aliphatic carbocycles. The van der Waals surface area contributed by atoms with Crippen molar-refractivity contribution in [3.8, 4) is 11.6 Å². The summed E-state index contributed by atoms with van der Waals surface area (Å²) < 4.78 is 47.0. The molecule has 9 nitrogen and oxygen atoms in total. The van der Waals surface area contributed by atoms with Gasteiger partial charge in [-0.05, 0) is 18.6 Å². The van der Waals surface area contributed by atoms with Gasteiger partial charge in [-0.15, -0.1) is 0 Å². The third-order valence-electron chi connectivity index (χ3n) is 5.78. The van der Waals surface area contributed by atoms with Gasteiger partial charge in [0.15, 0.2) is 12.7 Å². The molecule has 3 heterocycles. The fraction of sp³-hybridized carbons (Fsp3) is 0.500. The summed E-state index contributed by atoms with van der Waals surface area (Å²) in [6.07, 6.45) is 0.0336. The van der Waals surface area contributed by atoms with Crippen molar-refractivity contribution in [2.75, 3.05) is 46.9 Å². The number of carbonyl (C=O) groups excluding carboxylic acids is 2. The Morgan fingerprint density at radius 2 is 2.06 bits per heavy atom. The second-order valence-corrected chi connectivity index (χ2v) is 8.76. The van der Waals surface area contributed by atoms with Crippen LogP contribution in [0.4, 0.5) is 13.2 Å². The first-order valence-electron chi connectivity index (χ1n) is 11.4. The van der Waals surface area contributed by atoms with Crippen LogP contribution in [0, 0.1) is 5.92 Å². The minimum atomic E-state index is -4.45. The molecule has 1 aromatic rings. The summed E-state index contributed by atoms with van der Waals surface area (Å²) in [4.78, 5) is 38.1. The molecule has 0 bridgehead atoms. The molecule has 2 saturated heterocycles. The van der Waals surface area contributed by atoms with E-state index < -0.39 is 18.9 Å². The van der Waals surface area contributed by atoms with Crippen LogP contribution < -0.4 is 9.47 Å². The lowest BCUT2D eigenvalue weighted by Gasteiger charge is -2.40. The van der Waals surface area contributed by atoms with Gasteiger partial charge >= 0.3 is 6.18 Å². The number of amides is 2. The van der Waals surface area contributed by atoms with E-state index in [0.29, 0.717) is 38.4 Å². The molecule has 12 heteroatoms. The molecular weight excluding hydrogens is 479 g/mol. The molecule has 2 fully saturated rings. The molecule has 1 atom stereocenters. The normalized spacial score (nSPS) is 19.0. The molecule has 196 valence electrons. The Balaban J connectivity index is 1.46. The van der Waals surface area contributed by atoms with E-state index >= 15 is 0 Å². The summed E-state index contributed by atoms with van der Waals surface area (Å²) in [5.41, 5.74) is 0.819. The number of hydrogen-bond acceptors (Lipinski definition) is 7. The van der Waals surface area contributed by atoms with E-state index in [-0.39, 0.29) is 29.4 Å². The van der Waals surface area contributed by atoms with Gasteiger partial charge in [0.1, 0.15) is 11.6 Å². The summed E-state index contributed by atoms with van der Waals surface area (Å²) in [7, 11) is 3.46. The number of likely N-dealkylation sites (tertiary alicyclic amines) is 2. The predicted molar refractivity (Wildman–Crippen MR) is 127 cm³/mol. The topological polar surface area (TPSA) is 87.6 Å². The number of carbonyl (C=O) groups is 2. The lowest BCUT2D eigenvalue weighted by molar-refractivity contribution is -0.154. The fourth-order valence-electron chi connectivity index (χ4n) is 3.70. The van der Waals surface area contributed by atoms with Gasteiger partial charge in [-0.1, -0.05) is 12.7 Å². The Morgan fingerprint density at radius 1 is 1.33 bits per heavy atom. The van der Waals surface area contributed by atoms with Gasteiger partial charge in [-0.2, -0.15) is 13.2 Å². The van der Waals surface area contributed by atoms with Crippen molar-refractivity contribution >= 4 is 18.0 Å². The van der Waals surface area contributed by atoms with Crippen molar-refractivity contribution in [2.24, 2.45) is 10.9 Å². The van der Waals surface area contributed by atoms with Crippen LogP contribution in [0.5, 0.6) is 11.6 Å². The lowest BCUT2D eigenvalue weighted by atomic mass is 9.99. The van der Waals surface area contributed by atoms with Crippen molar-refractivity contribution in [3.63, 3.8) is 0 Å². The highest BCUT2D eigenvalue weighted by Gasteiger charge is 2.35. The first-order valence-corrected chi connectivity index (χ1v) is 11.4. The second kappa shape index (κ2) is 11.4. The van der Waals surface area contributed by atoms with Gasteiger partial charge in [0.05, 0.1) is 12.1 Å². The Morgan fingerprint density at radius 3 is 2.64 bits per heavy atom. The summed E-state index contributed by atoms with van der Waals surface area (Å²) >= 11 is 0. The molecule has 0 unspecified atom stereocenters. The monoisotopic (exact) mass is 509 g/mol. The van der Waals surface area contributed by atoms with Crippen LogP contribution in [0.2, 0.25) is 0 Å². The van der Waals surface area contributed by atoms with E-state index in [1.54, 1.807) is 30.1 Å². The molecule has 0 N–H and O–H groups in total. The molecule has 3 rings (SSSR count). The SMILES string of the molecule is C=C(/N=C\C(=C/C)CN1CC[C@@H](Oc2ccc(OCC(F)(F)F)nc2)C1=O)N1CC(C(=O)N(C)C)C1. The van der Waals surface area contributed by atoms with Gasteiger partial charge in [-0.3, -0.25) is 9.59 Å². The zero-order valence-electron chi connectivity index (χ0n) is 20.5. The number of rotatable bonds is 10. The van der Waals surface area contributed by atoms with E-state index in [0.717, 1.165) is 5.57 Å². The summed E-state index contributed by atoms with van der Waals surface area (Å²) in [5, 5.41) is 0. The van der Waals surface area contributed by atoms with Crippen molar-refractivity contribution < 1.29 is 32.2 Å². The van der Waals surface area contributed by atoms with Crippen molar-refractivity contribution in [1.82, 2.24) is 19.7 Å². The molecule has 0 saturated carbocycles. The average molecular weight is 510 g/mol. The molecule has 0 radical (unpaired) electrons. The van der Waals surface area contributed by atoms with Crippen LogP contribution in [0.15, 0.2) is 47.4 Å². The number of allylic oxidation sites excluding steroid dienone is 1. The number of halogens is 3.